The smallest absolute Gasteiger partial charge is 0.410 e. The van der Waals surface area contributed by atoms with Crippen molar-refractivity contribution in [1.82, 2.24) is 9.62 Å². The summed E-state index contributed by atoms with van der Waals surface area (Å²) < 4.78 is 27.1. The SMILES string of the molecule is CC(C)(C)OC(=O)N1CCC2(CC1)CO[C@H]1CC(C)(C)[S+]([O-])N[C@H]12. The molecule has 0 aromatic rings. The molecule has 3 aliphatic heterocycles. The molecule has 1 N–H and O–H groups in total. The molecule has 7 heteroatoms. The number of fused-ring (bicyclic) bond motifs is 2. The summed E-state index contributed by atoms with van der Waals surface area (Å²) in [6.45, 7) is 11.7. The highest BCUT2D eigenvalue weighted by atomic mass is 32.2. The van der Waals surface area contributed by atoms with Gasteiger partial charge in [-0.1, -0.05) is 0 Å². The zero-order valence-corrected chi connectivity index (χ0v) is 16.2. The average molecular weight is 359 g/mol. The van der Waals surface area contributed by atoms with Crippen LogP contribution in [-0.2, 0) is 20.8 Å². The quantitative estimate of drug-likeness (QED) is 0.672. The molecule has 0 bridgehead atoms. The number of carbonyl (C=O) groups is 1. The monoisotopic (exact) mass is 358 g/mol. The molecule has 1 unspecified atom stereocenters. The van der Waals surface area contributed by atoms with Crippen LogP contribution < -0.4 is 4.72 Å². The number of piperidine rings is 1. The molecule has 0 aromatic carbocycles. The molecule has 24 heavy (non-hydrogen) atoms. The fourth-order valence-electron chi connectivity index (χ4n) is 3.98. The Hall–Kier alpha value is -0.500. The molecular weight excluding hydrogens is 328 g/mol. The number of hydrogen-bond acceptors (Lipinski definition) is 5. The van der Waals surface area contributed by atoms with Crippen molar-refractivity contribution in [3.8, 4) is 0 Å². The van der Waals surface area contributed by atoms with Gasteiger partial charge in [0.25, 0.3) is 0 Å². The maximum absolute atomic E-state index is 12.5. The van der Waals surface area contributed by atoms with Crippen molar-refractivity contribution >= 4 is 17.5 Å². The van der Waals surface area contributed by atoms with Gasteiger partial charge >= 0.3 is 6.09 Å². The summed E-state index contributed by atoms with van der Waals surface area (Å²) in [5.74, 6) is 0. The van der Waals surface area contributed by atoms with Gasteiger partial charge in [-0.2, -0.15) is 0 Å². The van der Waals surface area contributed by atoms with Crippen molar-refractivity contribution in [1.29, 1.82) is 0 Å². The van der Waals surface area contributed by atoms with Gasteiger partial charge < -0.3 is 18.9 Å². The highest BCUT2D eigenvalue weighted by molar-refractivity contribution is 7.90. The number of hydrogen-bond donors (Lipinski definition) is 1. The summed E-state index contributed by atoms with van der Waals surface area (Å²) in [7, 11) is 0. The van der Waals surface area contributed by atoms with Gasteiger partial charge in [-0.3, -0.25) is 0 Å². The van der Waals surface area contributed by atoms with Gasteiger partial charge in [0.1, 0.15) is 10.3 Å². The second kappa shape index (κ2) is 6.04. The van der Waals surface area contributed by atoms with Gasteiger partial charge in [0.15, 0.2) is 0 Å². The van der Waals surface area contributed by atoms with Crippen molar-refractivity contribution in [3.63, 3.8) is 0 Å². The number of likely N-dealkylation sites (tertiary alicyclic amines) is 1. The van der Waals surface area contributed by atoms with Gasteiger partial charge in [0.2, 0.25) is 0 Å². The van der Waals surface area contributed by atoms with Crippen LogP contribution in [0.15, 0.2) is 0 Å². The lowest BCUT2D eigenvalue weighted by Gasteiger charge is -2.46. The zero-order valence-electron chi connectivity index (χ0n) is 15.4. The van der Waals surface area contributed by atoms with Crippen LogP contribution in [0.4, 0.5) is 4.79 Å². The van der Waals surface area contributed by atoms with E-state index >= 15 is 0 Å². The molecule has 3 atom stereocenters. The molecule has 3 fully saturated rings. The molecule has 3 saturated heterocycles. The third-order valence-corrected chi connectivity index (χ3v) is 7.09. The molecule has 0 aromatic heterocycles. The maximum Gasteiger partial charge on any atom is 0.410 e. The van der Waals surface area contributed by atoms with Crippen LogP contribution in [0.5, 0.6) is 0 Å². The first-order chi connectivity index (χ1) is 11.0. The third-order valence-electron chi connectivity index (χ3n) is 5.46. The van der Waals surface area contributed by atoms with E-state index in [-0.39, 0.29) is 28.4 Å². The number of ether oxygens (including phenoxy) is 2. The summed E-state index contributed by atoms with van der Waals surface area (Å²) >= 11 is -1.06. The number of nitrogens with one attached hydrogen (secondary N) is 1. The second-order valence-electron chi connectivity index (χ2n) is 9.01. The average Bonchev–Trinajstić information content (AvgIpc) is 2.76. The lowest BCUT2D eigenvalue weighted by atomic mass is 9.72. The summed E-state index contributed by atoms with van der Waals surface area (Å²) in [4.78, 5) is 14.0. The predicted molar refractivity (Wildman–Crippen MR) is 93.0 cm³/mol. The van der Waals surface area contributed by atoms with E-state index in [0.717, 1.165) is 19.3 Å². The van der Waals surface area contributed by atoms with Crippen LogP contribution >= 0.6 is 0 Å². The van der Waals surface area contributed by atoms with Crippen LogP contribution in [-0.4, -0.2) is 57.7 Å². The van der Waals surface area contributed by atoms with Crippen LogP contribution in [0.1, 0.15) is 53.9 Å². The molecule has 3 heterocycles. The van der Waals surface area contributed by atoms with Gasteiger partial charge in [-0.05, 0) is 47.5 Å². The third kappa shape index (κ3) is 3.41. The van der Waals surface area contributed by atoms with Crippen LogP contribution in [0.3, 0.4) is 0 Å². The Balaban J connectivity index is 1.63. The first kappa shape index (κ1) is 18.3. The molecule has 138 valence electrons. The fourth-order valence-corrected chi connectivity index (χ4v) is 5.25. The minimum atomic E-state index is -1.06. The highest BCUT2D eigenvalue weighted by Crippen LogP contribution is 2.47. The van der Waals surface area contributed by atoms with E-state index < -0.39 is 17.0 Å². The standard InChI is InChI=1S/C17H30N2O4S/c1-15(2,3)23-14(20)19-8-6-17(7-9-19)11-22-12-10-16(4,5)24(21)18-13(12)17/h12-13,18H,6-11H2,1-5H3/t12-,13+,24?/m0/s1. The summed E-state index contributed by atoms with van der Waals surface area (Å²) in [6.07, 6.45) is 2.41. The van der Waals surface area contributed by atoms with E-state index in [4.69, 9.17) is 9.47 Å². The van der Waals surface area contributed by atoms with E-state index in [1.807, 2.05) is 34.6 Å². The first-order valence-electron chi connectivity index (χ1n) is 8.80. The van der Waals surface area contributed by atoms with Gasteiger partial charge in [0, 0.05) is 36.3 Å². The maximum atomic E-state index is 12.5. The number of nitrogens with zero attached hydrogens (tertiary/aromatic N) is 1. The normalized spacial score (nSPS) is 34.9. The van der Waals surface area contributed by atoms with Gasteiger partial charge in [-0.25, -0.2) is 4.79 Å². The Morgan fingerprint density at radius 3 is 2.54 bits per heavy atom. The van der Waals surface area contributed by atoms with Crippen molar-refractivity contribution in [3.05, 3.63) is 0 Å². The van der Waals surface area contributed by atoms with Crippen molar-refractivity contribution in [2.24, 2.45) is 5.41 Å². The van der Waals surface area contributed by atoms with Gasteiger partial charge in [-0.15, -0.1) is 4.72 Å². The Morgan fingerprint density at radius 2 is 1.96 bits per heavy atom. The van der Waals surface area contributed by atoms with Crippen molar-refractivity contribution < 1.29 is 18.8 Å². The van der Waals surface area contributed by atoms with Crippen molar-refractivity contribution in [2.45, 2.75) is 76.4 Å². The largest absolute Gasteiger partial charge is 0.598 e. The minimum Gasteiger partial charge on any atom is -0.598 e. The second-order valence-corrected chi connectivity index (χ2v) is 10.9. The fraction of sp³-hybridized carbons (Fsp3) is 0.941. The van der Waals surface area contributed by atoms with E-state index in [1.54, 1.807) is 4.90 Å². The molecule has 1 spiro atoms. The van der Waals surface area contributed by atoms with E-state index in [9.17, 15) is 9.35 Å². The van der Waals surface area contributed by atoms with Crippen LogP contribution in [0, 0.1) is 5.41 Å². The Kier molecular flexibility index (Phi) is 4.60. The molecule has 3 rings (SSSR count). The van der Waals surface area contributed by atoms with Crippen molar-refractivity contribution in [2.75, 3.05) is 19.7 Å². The summed E-state index contributed by atoms with van der Waals surface area (Å²) in [5.41, 5.74) is -0.490. The highest BCUT2D eigenvalue weighted by Gasteiger charge is 2.58. The number of carbonyl (C=O) groups excluding carboxylic acids is 1. The summed E-state index contributed by atoms with van der Waals surface area (Å²) in [6, 6.07) is 0.118. The molecule has 3 aliphatic rings. The lowest BCUT2D eigenvalue weighted by Crippen LogP contribution is -2.62. The van der Waals surface area contributed by atoms with E-state index in [2.05, 4.69) is 4.72 Å². The predicted octanol–water partition coefficient (Wildman–Crippen LogP) is 2.21. The molecule has 0 radical (unpaired) electrons. The Bertz CT molecular complexity index is 497. The number of amides is 1. The van der Waals surface area contributed by atoms with Crippen LogP contribution in [0.25, 0.3) is 0 Å². The molecule has 0 aliphatic carbocycles. The summed E-state index contributed by atoms with van der Waals surface area (Å²) in [5, 5.41) is 0. The first-order valence-corrected chi connectivity index (χ1v) is 9.95. The molecular formula is C17H30N2O4S. The minimum absolute atomic E-state index is 0.0185. The number of rotatable bonds is 0. The Morgan fingerprint density at radius 1 is 1.33 bits per heavy atom. The topological polar surface area (TPSA) is 73.9 Å². The zero-order chi connectivity index (χ0) is 17.8. The Labute approximate surface area is 147 Å². The molecule has 0 saturated carbocycles. The van der Waals surface area contributed by atoms with E-state index in [0.29, 0.717) is 19.7 Å². The van der Waals surface area contributed by atoms with Crippen LogP contribution in [0.2, 0.25) is 0 Å². The van der Waals surface area contributed by atoms with E-state index in [1.165, 1.54) is 0 Å². The lowest BCUT2D eigenvalue weighted by molar-refractivity contribution is 0.00646. The molecule has 6 nitrogen and oxygen atoms in total. The van der Waals surface area contributed by atoms with Gasteiger partial charge in [0.05, 0.1) is 18.8 Å². The molecule has 1 amide bonds.